The average Bonchev–Trinajstić information content (AvgIpc) is 2.90. The maximum atomic E-state index is 10.4. The van der Waals surface area contributed by atoms with Crippen LogP contribution in [0.3, 0.4) is 0 Å². The van der Waals surface area contributed by atoms with Crippen molar-refractivity contribution in [3.63, 3.8) is 0 Å². The highest BCUT2D eigenvalue weighted by Crippen LogP contribution is 2.20. The third-order valence-electron chi connectivity index (χ3n) is 3.08. The number of thioether (sulfide) groups is 1. The third kappa shape index (κ3) is 3.13. The fourth-order valence-electron chi connectivity index (χ4n) is 2.06. The van der Waals surface area contributed by atoms with Gasteiger partial charge >= 0.3 is 5.97 Å². The van der Waals surface area contributed by atoms with Crippen molar-refractivity contribution in [3.05, 3.63) is 30.6 Å². The fourth-order valence-corrected chi connectivity index (χ4v) is 2.89. The van der Waals surface area contributed by atoms with Gasteiger partial charge in [0.1, 0.15) is 6.33 Å². The monoisotopic (exact) mass is 302 g/mol. The van der Waals surface area contributed by atoms with E-state index in [1.807, 2.05) is 24.3 Å². The number of unbranched alkanes of at least 4 members (excludes halogenated alkanes) is 1. The predicted octanol–water partition coefficient (Wildman–Crippen LogP) is 2.62. The van der Waals surface area contributed by atoms with Crippen LogP contribution in [0.15, 0.2) is 35.7 Å². The molecule has 108 valence electrons. The number of carboxylic acid groups (broad SMARTS) is 1. The fraction of sp³-hybridized carbons (Fsp3) is 0.286. The van der Waals surface area contributed by atoms with Crippen LogP contribution < -0.4 is 0 Å². The van der Waals surface area contributed by atoms with Crippen molar-refractivity contribution in [2.75, 3.05) is 5.75 Å². The first-order valence-corrected chi connectivity index (χ1v) is 7.67. The van der Waals surface area contributed by atoms with E-state index in [9.17, 15) is 4.79 Å². The first-order valence-electron chi connectivity index (χ1n) is 6.69. The van der Waals surface area contributed by atoms with Gasteiger partial charge in [0.2, 0.25) is 5.16 Å². The molecule has 0 fully saturated rings. The standard InChI is InChI=1S/C14H14N4O2S/c19-12(20)7-3-4-8-21-14-16-13-10-5-1-2-6-11(10)15-9-18(13)17-14/h1-2,5-6,9H,3-4,7-8H2,(H,19,20). The van der Waals surface area contributed by atoms with Gasteiger partial charge in [0.25, 0.3) is 0 Å². The molecule has 0 atom stereocenters. The number of carbonyl (C=O) groups is 1. The summed E-state index contributed by atoms with van der Waals surface area (Å²) in [5.41, 5.74) is 1.70. The number of hydrogen-bond acceptors (Lipinski definition) is 5. The molecule has 0 aliphatic carbocycles. The van der Waals surface area contributed by atoms with Crippen molar-refractivity contribution in [1.29, 1.82) is 0 Å². The van der Waals surface area contributed by atoms with Crippen LogP contribution in [0.1, 0.15) is 19.3 Å². The summed E-state index contributed by atoms with van der Waals surface area (Å²) < 4.78 is 1.68. The lowest BCUT2D eigenvalue weighted by Gasteiger charge is -1.96. The molecule has 21 heavy (non-hydrogen) atoms. The van der Waals surface area contributed by atoms with Gasteiger partial charge in [-0.15, -0.1) is 5.10 Å². The molecule has 0 spiro atoms. The molecule has 2 heterocycles. The summed E-state index contributed by atoms with van der Waals surface area (Å²) in [6, 6.07) is 7.83. The van der Waals surface area contributed by atoms with E-state index in [1.54, 1.807) is 22.6 Å². The first-order chi connectivity index (χ1) is 10.2. The van der Waals surface area contributed by atoms with E-state index in [4.69, 9.17) is 5.11 Å². The van der Waals surface area contributed by atoms with Crippen LogP contribution in [0.4, 0.5) is 0 Å². The van der Waals surface area contributed by atoms with E-state index >= 15 is 0 Å². The maximum absolute atomic E-state index is 10.4. The van der Waals surface area contributed by atoms with Gasteiger partial charge in [-0.2, -0.15) is 0 Å². The van der Waals surface area contributed by atoms with Crippen LogP contribution in [0.5, 0.6) is 0 Å². The number of rotatable bonds is 6. The minimum Gasteiger partial charge on any atom is -0.481 e. The number of aliphatic carboxylic acids is 1. The molecule has 1 aromatic carbocycles. The number of para-hydroxylation sites is 1. The van der Waals surface area contributed by atoms with Gasteiger partial charge in [-0.25, -0.2) is 14.5 Å². The molecule has 6 nitrogen and oxygen atoms in total. The summed E-state index contributed by atoms with van der Waals surface area (Å²) in [4.78, 5) is 19.3. The van der Waals surface area contributed by atoms with Crippen molar-refractivity contribution >= 4 is 34.3 Å². The molecule has 0 bridgehead atoms. The molecule has 0 aliphatic rings. The Hall–Kier alpha value is -2.15. The number of fused-ring (bicyclic) bond motifs is 3. The van der Waals surface area contributed by atoms with Crippen molar-refractivity contribution in [2.45, 2.75) is 24.4 Å². The van der Waals surface area contributed by atoms with Gasteiger partial charge < -0.3 is 5.11 Å². The number of hydrogen-bond donors (Lipinski definition) is 1. The van der Waals surface area contributed by atoms with Gasteiger partial charge in [-0.3, -0.25) is 4.79 Å². The van der Waals surface area contributed by atoms with Crippen molar-refractivity contribution in [3.8, 4) is 0 Å². The van der Waals surface area contributed by atoms with Crippen LogP contribution in [-0.4, -0.2) is 36.4 Å². The second-order valence-electron chi connectivity index (χ2n) is 4.62. The zero-order valence-electron chi connectivity index (χ0n) is 11.3. The maximum Gasteiger partial charge on any atom is 0.303 e. The lowest BCUT2D eigenvalue weighted by atomic mass is 10.2. The molecule has 0 saturated carbocycles. The van der Waals surface area contributed by atoms with Crippen LogP contribution in [0.25, 0.3) is 16.6 Å². The van der Waals surface area contributed by atoms with Gasteiger partial charge in [0.05, 0.1) is 5.52 Å². The van der Waals surface area contributed by atoms with E-state index in [1.165, 1.54) is 0 Å². The molecule has 3 aromatic rings. The quantitative estimate of drug-likeness (QED) is 0.557. The summed E-state index contributed by atoms with van der Waals surface area (Å²) in [7, 11) is 0. The Labute approximate surface area is 125 Å². The molecule has 2 aromatic heterocycles. The van der Waals surface area contributed by atoms with Crippen LogP contribution >= 0.6 is 11.8 Å². The van der Waals surface area contributed by atoms with Gasteiger partial charge in [0, 0.05) is 17.6 Å². The average molecular weight is 302 g/mol. The normalized spacial score (nSPS) is 11.2. The molecule has 3 rings (SSSR count). The van der Waals surface area contributed by atoms with E-state index < -0.39 is 5.97 Å². The number of carboxylic acids is 1. The molecule has 0 saturated heterocycles. The van der Waals surface area contributed by atoms with Crippen molar-refractivity contribution < 1.29 is 9.90 Å². The number of benzene rings is 1. The topological polar surface area (TPSA) is 80.4 Å². The summed E-state index contributed by atoms with van der Waals surface area (Å²) in [5, 5.41) is 14.6. The van der Waals surface area contributed by atoms with Gasteiger partial charge in [0.15, 0.2) is 5.65 Å². The van der Waals surface area contributed by atoms with Crippen molar-refractivity contribution in [1.82, 2.24) is 19.6 Å². The summed E-state index contributed by atoms with van der Waals surface area (Å²) in [6.07, 6.45) is 3.40. The Kier molecular flexibility index (Phi) is 4.01. The Morgan fingerprint density at radius 1 is 1.29 bits per heavy atom. The highest BCUT2D eigenvalue weighted by molar-refractivity contribution is 7.99. The van der Waals surface area contributed by atoms with Gasteiger partial charge in [-0.1, -0.05) is 23.9 Å². The Morgan fingerprint density at radius 3 is 3.00 bits per heavy atom. The zero-order chi connectivity index (χ0) is 14.7. The highest BCUT2D eigenvalue weighted by atomic mass is 32.2. The Bertz CT molecular complexity index is 787. The number of nitrogens with zero attached hydrogens (tertiary/aromatic N) is 4. The molecule has 0 amide bonds. The molecule has 0 radical (unpaired) electrons. The van der Waals surface area contributed by atoms with E-state index in [0.29, 0.717) is 11.6 Å². The zero-order valence-corrected chi connectivity index (χ0v) is 12.1. The Balaban J connectivity index is 1.72. The van der Waals surface area contributed by atoms with Crippen LogP contribution in [0.2, 0.25) is 0 Å². The highest BCUT2D eigenvalue weighted by Gasteiger charge is 2.08. The van der Waals surface area contributed by atoms with E-state index in [-0.39, 0.29) is 6.42 Å². The van der Waals surface area contributed by atoms with Crippen LogP contribution in [-0.2, 0) is 4.79 Å². The summed E-state index contributed by atoms with van der Waals surface area (Å²) in [6.45, 7) is 0. The van der Waals surface area contributed by atoms with E-state index in [0.717, 1.165) is 28.7 Å². The molecule has 0 unspecified atom stereocenters. The molecule has 7 heteroatoms. The molecular weight excluding hydrogens is 288 g/mol. The minimum absolute atomic E-state index is 0.216. The Morgan fingerprint density at radius 2 is 2.14 bits per heavy atom. The molecular formula is C14H14N4O2S. The minimum atomic E-state index is -0.747. The van der Waals surface area contributed by atoms with Crippen LogP contribution in [0, 0.1) is 0 Å². The van der Waals surface area contributed by atoms with Crippen molar-refractivity contribution in [2.24, 2.45) is 0 Å². The molecule has 1 N–H and O–H groups in total. The molecule has 0 aliphatic heterocycles. The third-order valence-corrected chi connectivity index (χ3v) is 4.00. The van der Waals surface area contributed by atoms with E-state index in [2.05, 4.69) is 15.1 Å². The second kappa shape index (κ2) is 6.09. The smallest absolute Gasteiger partial charge is 0.303 e. The largest absolute Gasteiger partial charge is 0.481 e. The lowest BCUT2D eigenvalue weighted by molar-refractivity contribution is -0.137. The predicted molar refractivity (Wildman–Crippen MR) is 80.5 cm³/mol. The summed E-state index contributed by atoms with van der Waals surface area (Å²) >= 11 is 1.54. The number of aromatic nitrogens is 4. The lowest BCUT2D eigenvalue weighted by Crippen LogP contribution is -1.94. The SMILES string of the molecule is O=C(O)CCCCSc1nc2c3ccccc3ncn2n1. The summed E-state index contributed by atoms with van der Waals surface area (Å²) in [5.74, 6) is 0.0682. The second-order valence-corrected chi connectivity index (χ2v) is 5.69. The first kappa shape index (κ1) is 13.8. The van der Waals surface area contributed by atoms with Gasteiger partial charge in [-0.05, 0) is 25.0 Å².